The largest absolute Gasteiger partial charge is 0.497 e. The maximum Gasteiger partial charge on any atom is 0.227 e. The number of carbonyl (C=O) groups is 2. The summed E-state index contributed by atoms with van der Waals surface area (Å²) in [4.78, 5) is 32.2. The molecule has 1 aliphatic rings. The number of hydrogen-bond acceptors (Lipinski definition) is 5. The van der Waals surface area contributed by atoms with Crippen molar-refractivity contribution in [1.29, 1.82) is 0 Å². The number of amides is 2. The molecule has 6 nitrogen and oxygen atoms in total. The van der Waals surface area contributed by atoms with Gasteiger partial charge in [0, 0.05) is 35.5 Å². The van der Waals surface area contributed by atoms with Crippen molar-refractivity contribution in [1.82, 2.24) is 4.98 Å². The van der Waals surface area contributed by atoms with E-state index in [1.807, 2.05) is 49.4 Å². The molecule has 0 aliphatic carbocycles. The van der Waals surface area contributed by atoms with Crippen molar-refractivity contribution >= 4 is 34.0 Å². The van der Waals surface area contributed by atoms with Gasteiger partial charge >= 0.3 is 0 Å². The summed E-state index contributed by atoms with van der Waals surface area (Å²) in [5.74, 6) is 0.825. The molecule has 0 unspecified atom stereocenters. The van der Waals surface area contributed by atoms with Gasteiger partial charge in [-0.05, 0) is 55.7 Å². The van der Waals surface area contributed by atoms with Gasteiger partial charge in [-0.25, -0.2) is 4.98 Å². The Bertz CT molecular complexity index is 1090. The van der Waals surface area contributed by atoms with E-state index in [1.54, 1.807) is 12.0 Å². The second-order valence-corrected chi connectivity index (χ2v) is 8.68. The van der Waals surface area contributed by atoms with Gasteiger partial charge in [-0.15, -0.1) is 11.3 Å². The lowest BCUT2D eigenvalue weighted by molar-refractivity contribution is -0.119. The van der Waals surface area contributed by atoms with Crippen LogP contribution in [-0.4, -0.2) is 30.5 Å². The molecule has 1 aromatic heterocycles. The van der Waals surface area contributed by atoms with Crippen LogP contribution in [0, 0.1) is 6.92 Å². The Hall–Kier alpha value is -3.19. The van der Waals surface area contributed by atoms with Gasteiger partial charge in [0.15, 0.2) is 5.13 Å². The zero-order chi connectivity index (χ0) is 21.8. The first-order valence-corrected chi connectivity index (χ1v) is 11.2. The fraction of sp³-hybridized carbons (Fsp3) is 0.292. The molecule has 7 heteroatoms. The van der Waals surface area contributed by atoms with Gasteiger partial charge in [-0.1, -0.05) is 18.2 Å². The molecule has 31 heavy (non-hydrogen) atoms. The minimum atomic E-state index is -0.0900. The molecule has 2 heterocycles. The Kier molecular flexibility index (Phi) is 6.32. The van der Waals surface area contributed by atoms with E-state index in [9.17, 15) is 9.59 Å². The lowest BCUT2D eigenvalue weighted by Crippen LogP contribution is -2.36. The first kappa shape index (κ1) is 21.1. The van der Waals surface area contributed by atoms with E-state index in [4.69, 9.17) is 4.74 Å². The monoisotopic (exact) mass is 435 g/mol. The number of fused-ring (bicyclic) bond motifs is 1. The Morgan fingerprint density at radius 2 is 1.94 bits per heavy atom. The number of rotatable bonds is 7. The Morgan fingerprint density at radius 1 is 1.16 bits per heavy atom. The van der Waals surface area contributed by atoms with Crippen molar-refractivity contribution in [3.63, 3.8) is 0 Å². The topological polar surface area (TPSA) is 71.5 Å². The number of thiazole rings is 1. The number of hydrogen-bond donors (Lipinski definition) is 1. The van der Waals surface area contributed by atoms with Crippen LogP contribution in [0.2, 0.25) is 0 Å². The summed E-state index contributed by atoms with van der Waals surface area (Å²) in [6.45, 7) is 2.53. The van der Waals surface area contributed by atoms with Gasteiger partial charge in [0.1, 0.15) is 5.75 Å². The second-order valence-electron chi connectivity index (χ2n) is 7.48. The molecular weight excluding hydrogens is 410 g/mol. The van der Waals surface area contributed by atoms with Crippen LogP contribution in [0.4, 0.5) is 10.8 Å². The maximum absolute atomic E-state index is 12.5. The highest BCUT2D eigenvalue weighted by molar-refractivity contribution is 7.16. The summed E-state index contributed by atoms with van der Waals surface area (Å²) in [6.07, 6.45) is 2.24. The Balaban J connectivity index is 1.34. The number of methoxy groups -OCH3 is 1. The molecule has 2 amide bonds. The number of anilines is 2. The van der Waals surface area contributed by atoms with Crippen LogP contribution in [-0.2, 0) is 16.0 Å². The molecule has 1 N–H and O–H groups in total. The van der Waals surface area contributed by atoms with E-state index in [0.29, 0.717) is 30.9 Å². The normalized spacial score (nSPS) is 13.1. The van der Waals surface area contributed by atoms with Crippen LogP contribution >= 0.6 is 11.3 Å². The van der Waals surface area contributed by atoms with E-state index in [2.05, 4.69) is 16.4 Å². The first-order chi connectivity index (χ1) is 15.0. The Morgan fingerprint density at radius 3 is 2.71 bits per heavy atom. The quantitative estimate of drug-likeness (QED) is 0.577. The van der Waals surface area contributed by atoms with E-state index < -0.39 is 0 Å². The van der Waals surface area contributed by atoms with Crippen molar-refractivity contribution in [2.45, 2.75) is 32.6 Å². The summed E-state index contributed by atoms with van der Waals surface area (Å²) in [7, 11) is 1.64. The van der Waals surface area contributed by atoms with Gasteiger partial charge in [0.05, 0.1) is 12.8 Å². The van der Waals surface area contributed by atoms with Crippen LogP contribution in [0.3, 0.4) is 0 Å². The number of para-hydroxylation sites is 1. The van der Waals surface area contributed by atoms with Crippen molar-refractivity contribution < 1.29 is 14.3 Å². The van der Waals surface area contributed by atoms with E-state index in [1.165, 1.54) is 16.9 Å². The SMILES string of the molecule is COc1ccc(-c2nc(NC(=O)CCCN3C(=O)CCc4ccccc43)sc2C)cc1. The van der Waals surface area contributed by atoms with Crippen LogP contribution in [0.5, 0.6) is 5.75 Å². The fourth-order valence-corrected chi connectivity index (χ4v) is 4.64. The molecule has 0 atom stereocenters. The number of aromatic nitrogens is 1. The molecule has 0 fully saturated rings. The molecule has 0 spiro atoms. The highest BCUT2D eigenvalue weighted by atomic mass is 32.1. The third-order valence-electron chi connectivity index (χ3n) is 5.38. The van der Waals surface area contributed by atoms with Gasteiger partial charge in [-0.2, -0.15) is 0 Å². The van der Waals surface area contributed by atoms with Crippen molar-refractivity contribution in [2.24, 2.45) is 0 Å². The highest BCUT2D eigenvalue weighted by Crippen LogP contribution is 2.31. The summed E-state index contributed by atoms with van der Waals surface area (Å²) >= 11 is 1.46. The molecule has 0 saturated heterocycles. The number of ether oxygens (including phenoxy) is 1. The van der Waals surface area contributed by atoms with Gasteiger partial charge in [-0.3, -0.25) is 9.59 Å². The van der Waals surface area contributed by atoms with Gasteiger partial charge < -0.3 is 15.0 Å². The van der Waals surface area contributed by atoms with Crippen molar-refractivity contribution in [3.05, 3.63) is 59.0 Å². The van der Waals surface area contributed by atoms with Crippen LogP contribution < -0.4 is 15.0 Å². The van der Waals surface area contributed by atoms with Crippen LogP contribution in [0.15, 0.2) is 48.5 Å². The number of benzene rings is 2. The average Bonchev–Trinajstić information content (AvgIpc) is 3.15. The molecule has 160 valence electrons. The average molecular weight is 436 g/mol. The molecular formula is C24H25N3O3S. The predicted octanol–water partition coefficient (Wildman–Crippen LogP) is 4.83. The smallest absolute Gasteiger partial charge is 0.227 e. The number of nitrogens with one attached hydrogen (secondary N) is 1. The van der Waals surface area contributed by atoms with Gasteiger partial charge in [0.25, 0.3) is 0 Å². The molecule has 1 aliphatic heterocycles. The van der Waals surface area contributed by atoms with Crippen LogP contribution in [0.1, 0.15) is 29.7 Å². The molecule has 0 radical (unpaired) electrons. The zero-order valence-corrected chi connectivity index (χ0v) is 18.5. The lowest BCUT2D eigenvalue weighted by atomic mass is 10.0. The summed E-state index contributed by atoms with van der Waals surface area (Å²) < 4.78 is 5.20. The molecule has 3 aromatic rings. The number of nitrogens with zero attached hydrogens (tertiary/aromatic N) is 2. The summed E-state index contributed by atoms with van der Waals surface area (Å²) in [5, 5.41) is 3.49. The van der Waals surface area contributed by atoms with Crippen molar-refractivity contribution in [3.8, 4) is 17.0 Å². The second kappa shape index (κ2) is 9.31. The molecule has 4 rings (SSSR count). The third kappa shape index (κ3) is 4.77. The maximum atomic E-state index is 12.5. The Labute approximate surface area is 185 Å². The number of aryl methyl sites for hydroxylation is 2. The standard InChI is InChI=1S/C24H25N3O3S/c1-16-23(18-9-12-19(30-2)13-10-18)26-24(31-16)25-21(28)8-5-15-27-20-7-4-3-6-17(20)11-14-22(27)29/h3-4,6-7,9-10,12-13H,5,8,11,14-15H2,1-2H3,(H,25,26,28). The van der Waals surface area contributed by atoms with E-state index in [-0.39, 0.29) is 11.8 Å². The zero-order valence-electron chi connectivity index (χ0n) is 17.7. The fourth-order valence-electron chi connectivity index (χ4n) is 3.79. The number of carbonyl (C=O) groups excluding carboxylic acids is 2. The minimum absolute atomic E-state index is 0.0900. The lowest BCUT2D eigenvalue weighted by Gasteiger charge is -2.29. The predicted molar refractivity (Wildman–Crippen MR) is 124 cm³/mol. The summed E-state index contributed by atoms with van der Waals surface area (Å²) in [5.41, 5.74) is 4.01. The van der Waals surface area contributed by atoms with Crippen molar-refractivity contribution in [2.75, 3.05) is 23.9 Å². The molecule has 2 aromatic carbocycles. The first-order valence-electron chi connectivity index (χ1n) is 10.3. The molecule has 0 bridgehead atoms. The van der Waals surface area contributed by atoms with E-state index >= 15 is 0 Å². The van der Waals surface area contributed by atoms with E-state index in [0.717, 1.165) is 34.0 Å². The van der Waals surface area contributed by atoms with Crippen LogP contribution in [0.25, 0.3) is 11.3 Å². The third-order valence-corrected chi connectivity index (χ3v) is 6.27. The highest BCUT2D eigenvalue weighted by Gasteiger charge is 2.23. The van der Waals surface area contributed by atoms with Gasteiger partial charge in [0.2, 0.25) is 11.8 Å². The summed E-state index contributed by atoms with van der Waals surface area (Å²) in [6, 6.07) is 15.7. The molecule has 0 saturated carbocycles. The minimum Gasteiger partial charge on any atom is -0.497 e.